The van der Waals surface area contributed by atoms with Gasteiger partial charge in [0.15, 0.2) is 0 Å². The number of nitrogens with one attached hydrogen (secondary N) is 1. The van der Waals surface area contributed by atoms with Gasteiger partial charge in [0.05, 0.1) is 6.07 Å². The smallest absolute Gasteiger partial charge is 0.126 e. The van der Waals surface area contributed by atoms with E-state index in [0.29, 0.717) is 11.4 Å². The molecule has 0 aliphatic heterocycles. The summed E-state index contributed by atoms with van der Waals surface area (Å²) in [5, 5.41) is 13.2. The van der Waals surface area contributed by atoms with E-state index in [9.17, 15) is 9.65 Å². The third kappa shape index (κ3) is 3.72. The molecule has 0 aliphatic carbocycles. The molecule has 0 bridgehead atoms. The summed E-state index contributed by atoms with van der Waals surface area (Å²) >= 11 is 5.93. The van der Waals surface area contributed by atoms with Crippen LogP contribution in [0.5, 0.6) is 0 Å². The third-order valence-corrected chi connectivity index (χ3v) is 3.20. The molecule has 0 saturated carbocycles. The molecule has 0 radical (unpaired) electrons. The lowest BCUT2D eigenvalue weighted by atomic mass is 9.94. The Morgan fingerprint density at radius 2 is 1.95 bits per heavy atom. The molecule has 102 valence electrons. The zero-order valence-corrected chi connectivity index (χ0v) is 11.8. The fraction of sp³-hybridized carbons (Fsp3) is 0.188. The van der Waals surface area contributed by atoms with Crippen LogP contribution in [0.4, 0.5) is 10.1 Å². The van der Waals surface area contributed by atoms with E-state index >= 15 is 0 Å². The average Bonchev–Trinajstić information content (AvgIpc) is 2.41. The van der Waals surface area contributed by atoms with Crippen molar-refractivity contribution in [3.63, 3.8) is 0 Å². The van der Waals surface area contributed by atoms with Crippen LogP contribution >= 0.6 is 11.6 Å². The number of hydrogen-bond donors (Lipinski definition) is 1. The van der Waals surface area contributed by atoms with Gasteiger partial charge in [-0.15, -0.1) is 0 Å². The number of hydrogen-bond acceptors (Lipinski definition) is 2. The molecule has 0 fully saturated rings. The number of rotatable bonds is 4. The van der Waals surface area contributed by atoms with Crippen LogP contribution in [0, 0.1) is 17.1 Å². The maximum Gasteiger partial charge on any atom is 0.126 e. The van der Waals surface area contributed by atoms with Crippen molar-refractivity contribution >= 4 is 17.3 Å². The minimum Gasteiger partial charge on any atom is -0.367 e. The Morgan fingerprint density at radius 1 is 1.25 bits per heavy atom. The van der Waals surface area contributed by atoms with Gasteiger partial charge in [0.1, 0.15) is 11.4 Å². The molecule has 0 spiro atoms. The molecule has 20 heavy (non-hydrogen) atoms. The lowest BCUT2D eigenvalue weighted by Gasteiger charge is -2.24. The van der Waals surface area contributed by atoms with Crippen LogP contribution < -0.4 is 5.32 Å². The second kappa shape index (κ2) is 5.94. The molecule has 2 nitrogen and oxygen atoms in total. The van der Waals surface area contributed by atoms with E-state index in [1.54, 1.807) is 31.2 Å². The topological polar surface area (TPSA) is 35.8 Å². The fourth-order valence-electron chi connectivity index (χ4n) is 2.01. The summed E-state index contributed by atoms with van der Waals surface area (Å²) < 4.78 is 12.9. The predicted molar refractivity (Wildman–Crippen MR) is 79.2 cm³/mol. The van der Waals surface area contributed by atoms with Crippen molar-refractivity contribution in [2.45, 2.75) is 18.9 Å². The Morgan fingerprint density at radius 3 is 2.55 bits per heavy atom. The number of halogens is 2. The van der Waals surface area contributed by atoms with Crippen LogP contribution in [0.1, 0.15) is 12.5 Å². The zero-order valence-electron chi connectivity index (χ0n) is 11.0. The molecule has 1 N–H and O–H groups in total. The minimum absolute atomic E-state index is 0.282. The molecular weight excluding hydrogens is 275 g/mol. The molecule has 2 rings (SSSR count). The molecule has 0 aliphatic rings. The van der Waals surface area contributed by atoms with Gasteiger partial charge in [0.25, 0.3) is 0 Å². The molecule has 4 heteroatoms. The van der Waals surface area contributed by atoms with E-state index in [0.717, 1.165) is 11.3 Å². The van der Waals surface area contributed by atoms with Crippen LogP contribution in [-0.2, 0) is 6.42 Å². The molecule has 0 heterocycles. The summed E-state index contributed by atoms with van der Waals surface area (Å²) in [5.74, 6) is -0.282. The number of nitriles is 1. The van der Waals surface area contributed by atoms with Crippen LogP contribution in [0.2, 0.25) is 5.02 Å². The maximum absolute atomic E-state index is 12.9. The molecule has 2 aromatic rings. The van der Waals surface area contributed by atoms with Crippen LogP contribution in [0.3, 0.4) is 0 Å². The predicted octanol–water partition coefficient (Wildman–Crippen LogP) is 4.42. The van der Waals surface area contributed by atoms with Crippen LogP contribution in [0.15, 0.2) is 48.5 Å². The normalized spacial score (nSPS) is 13.3. The lowest BCUT2D eigenvalue weighted by molar-refractivity contribution is 0.620. The van der Waals surface area contributed by atoms with Crippen LogP contribution in [-0.4, -0.2) is 5.54 Å². The molecule has 0 saturated heterocycles. The van der Waals surface area contributed by atoms with E-state index in [2.05, 4.69) is 11.4 Å². The second-order valence-electron chi connectivity index (χ2n) is 4.88. The van der Waals surface area contributed by atoms with Gasteiger partial charge in [-0.2, -0.15) is 5.26 Å². The summed E-state index contributed by atoms with van der Waals surface area (Å²) in [6.45, 7) is 1.80. The first-order chi connectivity index (χ1) is 9.50. The standard InChI is InChI=1S/C16H14ClFN2/c1-16(11-19,10-12-5-7-14(18)8-6-12)20-15-4-2-3-13(17)9-15/h2-9,20H,10H2,1H3. The van der Waals surface area contributed by atoms with E-state index in [1.165, 1.54) is 12.1 Å². The van der Waals surface area contributed by atoms with Crippen molar-refractivity contribution in [3.8, 4) is 6.07 Å². The van der Waals surface area contributed by atoms with Gasteiger partial charge >= 0.3 is 0 Å². The molecule has 2 aromatic carbocycles. The van der Waals surface area contributed by atoms with Gasteiger partial charge in [-0.1, -0.05) is 29.8 Å². The SMILES string of the molecule is CC(C#N)(Cc1ccc(F)cc1)Nc1cccc(Cl)c1. The van der Waals surface area contributed by atoms with Gasteiger partial charge in [0.2, 0.25) is 0 Å². The number of benzene rings is 2. The second-order valence-corrected chi connectivity index (χ2v) is 5.32. The van der Waals surface area contributed by atoms with Crippen molar-refractivity contribution in [2.24, 2.45) is 0 Å². The van der Waals surface area contributed by atoms with Gasteiger partial charge in [-0.3, -0.25) is 0 Å². The Labute approximate surface area is 122 Å². The summed E-state index contributed by atoms with van der Waals surface area (Å²) in [4.78, 5) is 0. The Bertz CT molecular complexity index is 634. The fourth-order valence-corrected chi connectivity index (χ4v) is 2.20. The van der Waals surface area contributed by atoms with E-state index in [-0.39, 0.29) is 5.82 Å². The first-order valence-corrected chi connectivity index (χ1v) is 6.58. The van der Waals surface area contributed by atoms with Crippen molar-refractivity contribution in [3.05, 3.63) is 64.9 Å². The lowest BCUT2D eigenvalue weighted by Crippen LogP contribution is -2.35. The number of nitrogens with zero attached hydrogens (tertiary/aromatic N) is 1. The number of anilines is 1. The first-order valence-electron chi connectivity index (χ1n) is 6.20. The van der Waals surface area contributed by atoms with Gasteiger partial charge in [0, 0.05) is 17.1 Å². The molecule has 0 amide bonds. The summed E-state index contributed by atoms with van der Waals surface area (Å²) in [5.41, 5.74) is 0.885. The van der Waals surface area contributed by atoms with Gasteiger partial charge in [-0.25, -0.2) is 4.39 Å². The Hall–Kier alpha value is -2.05. The quantitative estimate of drug-likeness (QED) is 0.904. The Balaban J connectivity index is 2.17. The van der Waals surface area contributed by atoms with E-state index in [4.69, 9.17) is 11.6 Å². The molecule has 1 unspecified atom stereocenters. The highest BCUT2D eigenvalue weighted by Gasteiger charge is 2.24. The van der Waals surface area contributed by atoms with Gasteiger partial charge in [-0.05, 0) is 42.8 Å². The highest BCUT2D eigenvalue weighted by atomic mass is 35.5. The van der Waals surface area contributed by atoms with Crippen molar-refractivity contribution in [1.29, 1.82) is 5.26 Å². The third-order valence-electron chi connectivity index (χ3n) is 2.96. The summed E-state index contributed by atoms with van der Waals surface area (Å²) in [6, 6.07) is 15.6. The van der Waals surface area contributed by atoms with E-state index < -0.39 is 5.54 Å². The first kappa shape index (κ1) is 14.4. The van der Waals surface area contributed by atoms with Crippen LogP contribution in [0.25, 0.3) is 0 Å². The highest BCUT2D eigenvalue weighted by Crippen LogP contribution is 2.22. The molecular formula is C16H14ClFN2. The summed E-state index contributed by atoms with van der Waals surface area (Å²) in [6.07, 6.45) is 0.469. The minimum atomic E-state index is -0.789. The molecule has 1 atom stereocenters. The van der Waals surface area contributed by atoms with Gasteiger partial charge < -0.3 is 5.32 Å². The van der Waals surface area contributed by atoms with Crippen molar-refractivity contribution in [2.75, 3.05) is 5.32 Å². The summed E-state index contributed by atoms with van der Waals surface area (Å²) in [7, 11) is 0. The maximum atomic E-state index is 12.9. The largest absolute Gasteiger partial charge is 0.367 e. The van der Waals surface area contributed by atoms with Crippen molar-refractivity contribution < 1.29 is 4.39 Å². The average molecular weight is 289 g/mol. The monoisotopic (exact) mass is 288 g/mol. The van der Waals surface area contributed by atoms with E-state index in [1.807, 2.05) is 12.1 Å². The molecule has 0 aromatic heterocycles. The zero-order chi connectivity index (χ0) is 14.6. The van der Waals surface area contributed by atoms with Crippen molar-refractivity contribution in [1.82, 2.24) is 0 Å². The Kier molecular flexibility index (Phi) is 4.26. The highest BCUT2D eigenvalue weighted by molar-refractivity contribution is 6.30.